The van der Waals surface area contributed by atoms with E-state index in [1.54, 1.807) is 31.6 Å². The fourth-order valence-electron chi connectivity index (χ4n) is 3.06. The average molecular weight is 462 g/mol. The van der Waals surface area contributed by atoms with E-state index in [1.807, 2.05) is 59.2 Å². The van der Waals surface area contributed by atoms with Crippen LogP contribution in [0.25, 0.3) is 17.1 Å². The molecule has 0 radical (unpaired) electrons. The van der Waals surface area contributed by atoms with Crippen LogP contribution < -0.4 is 10.1 Å². The molecule has 33 heavy (non-hydrogen) atoms. The third-order valence-electron chi connectivity index (χ3n) is 4.59. The van der Waals surface area contributed by atoms with Gasteiger partial charge in [0.25, 0.3) is 0 Å². The van der Waals surface area contributed by atoms with E-state index in [-0.39, 0.29) is 11.7 Å². The molecule has 4 rings (SSSR count). The standard InChI is InChI=1S/C24H23N5O3S/c1-31-14-15-32-21-11-9-19(10-12-21)26-22(30)17-33-24-28-27-23(18-6-5-13-25-16-18)29(24)20-7-3-2-4-8-20/h2-13,16H,14-15,17H2,1H3,(H,26,30). The van der Waals surface area contributed by atoms with Crippen LogP contribution in [0.4, 0.5) is 5.69 Å². The van der Waals surface area contributed by atoms with E-state index in [4.69, 9.17) is 9.47 Å². The normalized spacial score (nSPS) is 10.7. The van der Waals surface area contributed by atoms with Crippen LogP contribution in [0.1, 0.15) is 0 Å². The van der Waals surface area contributed by atoms with Gasteiger partial charge in [-0.3, -0.25) is 14.3 Å². The summed E-state index contributed by atoms with van der Waals surface area (Å²) in [6.45, 7) is 0.994. The molecule has 2 heterocycles. The number of aromatic nitrogens is 4. The number of pyridine rings is 1. The number of ether oxygens (including phenoxy) is 2. The molecule has 2 aromatic heterocycles. The van der Waals surface area contributed by atoms with Crippen LogP contribution in [-0.2, 0) is 9.53 Å². The van der Waals surface area contributed by atoms with E-state index in [2.05, 4.69) is 20.5 Å². The lowest BCUT2D eigenvalue weighted by atomic mass is 10.2. The lowest BCUT2D eigenvalue weighted by molar-refractivity contribution is -0.113. The number of benzene rings is 2. The third kappa shape index (κ3) is 5.97. The van der Waals surface area contributed by atoms with Gasteiger partial charge in [0.2, 0.25) is 5.91 Å². The van der Waals surface area contributed by atoms with Gasteiger partial charge in [0, 0.05) is 36.4 Å². The molecule has 0 aliphatic rings. The van der Waals surface area contributed by atoms with Crippen molar-refractivity contribution in [1.82, 2.24) is 19.7 Å². The number of rotatable bonds is 10. The number of thioether (sulfide) groups is 1. The maximum Gasteiger partial charge on any atom is 0.234 e. The van der Waals surface area contributed by atoms with Crippen LogP contribution in [-0.4, -0.2) is 51.7 Å². The largest absolute Gasteiger partial charge is 0.491 e. The van der Waals surface area contributed by atoms with Gasteiger partial charge < -0.3 is 14.8 Å². The van der Waals surface area contributed by atoms with Crippen molar-refractivity contribution in [2.75, 3.05) is 31.4 Å². The lowest BCUT2D eigenvalue weighted by Gasteiger charge is -2.10. The highest BCUT2D eigenvalue weighted by atomic mass is 32.2. The highest BCUT2D eigenvalue weighted by Crippen LogP contribution is 2.27. The second-order valence-electron chi connectivity index (χ2n) is 6.92. The molecule has 1 amide bonds. The van der Waals surface area contributed by atoms with E-state index < -0.39 is 0 Å². The topological polar surface area (TPSA) is 91.2 Å². The Morgan fingerprint density at radius 3 is 2.55 bits per heavy atom. The summed E-state index contributed by atoms with van der Waals surface area (Å²) in [6.07, 6.45) is 3.46. The second kappa shape index (κ2) is 11.3. The molecular formula is C24H23N5O3S. The second-order valence-corrected chi connectivity index (χ2v) is 7.86. The van der Waals surface area contributed by atoms with Crippen molar-refractivity contribution in [3.05, 3.63) is 79.1 Å². The number of hydrogen-bond acceptors (Lipinski definition) is 7. The first-order chi connectivity index (χ1) is 16.2. The monoisotopic (exact) mass is 461 g/mol. The van der Waals surface area contributed by atoms with Gasteiger partial charge in [-0.15, -0.1) is 10.2 Å². The number of carbonyl (C=O) groups is 1. The molecule has 9 heteroatoms. The van der Waals surface area contributed by atoms with E-state index in [0.717, 1.165) is 17.0 Å². The molecule has 0 saturated heterocycles. The van der Waals surface area contributed by atoms with Crippen molar-refractivity contribution in [3.63, 3.8) is 0 Å². The van der Waals surface area contributed by atoms with Crippen LogP contribution in [0, 0.1) is 0 Å². The van der Waals surface area contributed by atoms with Crippen LogP contribution in [0.5, 0.6) is 5.75 Å². The zero-order chi connectivity index (χ0) is 22.9. The van der Waals surface area contributed by atoms with Gasteiger partial charge in [-0.05, 0) is 48.5 Å². The first-order valence-corrected chi connectivity index (χ1v) is 11.3. The first-order valence-electron chi connectivity index (χ1n) is 10.3. The van der Waals surface area contributed by atoms with Crippen LogP contribution in [0.2, 0.25) is 0 Å². The molecule has 4 aromatic rings. The minimum absolute atomic E-state index is 0.140. The first kappa shape index (κ1) is 22.5. The molecule has 0 aliphatic carbocycles. The van der Waals surface area contributed by atoms with Gasteiger partial charge in [-0.25, -0.2) is 0 Å². The number of methoxy groups -OCH3 is 1. The predicted octanol–water partition coefficient (Wildman–Crippen LogP) is 4.09. The quantitative estimate of drug-likeness (QED) is 0.281. The van der Waals surface area contributed by atoms with Gasteiger partial charge in [0.15, 0.2) is 11.0 Å². The molecule has 0 fully saturated rings. The Hall–Kier alpha value is -3.69. The molecular weight excluding hydrogens is 438 g/mol. The van der Waals surface area contributed by atoms with Crippen molar-refractivity contribution in [3.8, 4) is 22.8 Å². The molecule has 0 saturated carbocycles. The minimum Gasteiger partial charge on any atom is -0.491 e. The van der Waals surface area contributed by atoms with Gasteiger partial charge in [-0.2, -0.15) is 0 Å². The Bertz CT molecular complexity index is 1170. The number of hydrogen-bond donors (Lipinski definition) is 1. The number of carbonyl (C=O) groups excluding carboxylic acids is 1. The summed E-state index contributed by atoms with van der Waals surface area (Å²) in [5, 5.41) is 12.2. The Kier molecular flexibility index (Phi) is 7.68. The Labute approximate surface area is 196 Å². The number of anilines is 1. The molecule has 0 atom stereocenters. The van der Waals surface area contributed by atoms with E-state index >= 15 is 0 Å². The summed E-state index contributed by atoms with van der Waals surface area (Å²) in [4.78, 5) is 16.7. The van der Waals surface area contributed by atoms with Crippen molar-refractivity contribution in [1.29, 1.82) is 0 Å². The number of nitrogens with one attached hydrogen (secondary N) is 1. The van der Waals surface area contributed by atoms with Crippen molar-refractivity contribution < 1.29 is 14.3 Å². The van der Waals surface area contributed by atoms with Crippen molar-refractivity contribution in [2.45, 2.75) is 5.16 Å². The van der Waals surface area contributed by atoms with Crippen LogP contribution in [0.3, 0.4) is 0 Å². The number of amides is 1. The van der Waals surface area contributed by atoms with Crippen molar-refractivity contribution >= 4 is 23.4 Å². The fraction of sp³-hybridized carbons (Fsp3) is 0.167. The van der Waals surface area contributed by atoms with Gasteiger partial charge >= 0.3 is 0 Å². The highest BCUT2D eigenvalue weighted by molar-refractivity contribution is 7.99. The third-order valence-corrected chi connectivity index (χ3v) is 5.52. The summed E-state index contributed by atoms with van der Waals surface area (Å²) in [5.41, 5.74) is 2.45. The molecule has 0 spiro atoms. The number of para-hydroxylation sites is 1. The zero-order valence-corrected chi connectivity index (χ0v) is 18.9. The molecule has 0 bridgehead atoms. The maximum atomic E-state index is 12.6. The van der Waals surface area contributed by atoms with Crippen LogP contribution >= 0.6 is 11.8 Å². The van der Waals surface area contributed by atoms with Gasteiger partial charge in [-0.1, -0.05) is 30.0 Å². The van der Waals surface area contributed by atoms with Gasteiger partial charge in [0.05, 0.1) is 12.4 Å². The number of nitrogens with zero attached hydrogens (tertiary/aromatic N) is 4. The van der Waals surface area contributed by atoms with E-state index in [0.29, 0.717) is 29.9 Å². The molecule has 1 N–H and O–H groups in total. The summed E-state index contributed by atoms with van der Waals surface area (Å²) in [5.74, 6) is 1.43. The summed E-state index contributed by atoms with van der Waals surface area (Å²) in [6, 6.07) is 20.8. The minimum atomic E-state index is -0.140. The summed E-state index contributed by atoms with van der Waals surface area (Å²) in [7, 11) is 1.63. The smallest absolute Gasteiger partial charge is 0.234 e. The van der Waals surface area contributed by atoms with E-state index in [1.165, 1.54) is 11.8 Å². The average Bonchev–Trinajstić information content (AvgIpc) is 3.29. The predicted molar refractivity (Wildman–Crippen MR) is 128 cm³/mol. The summed E-state index contributed by atoms with van der Waals surface area (Å²) >= 11 is 1.32. The zero-order valence-electron chi connectivity index (χ0n) is 18.0. The molecule has 0 unspecified atom stereocenters. The van der Waals surface area contributed by atoms with Crippen molar-refractivity contribution in [2.24, 2.45) is 0 Å². The lowest BCUT2D eigenvalue weighted by Crippen LogP contribution is -2.14. The Balaban J connectivity index is 1.44. The van der Waals surface area contributed by atoms with Gasteiger partial charge in [0.1, 0.15) is 12.4 Å². The molecule has 168 valence electrons. The van der Waals surface area contributed by atoms with Crippen LogP contribution in [0.15, 0.2) is 84.3 Å². The Morgan fingerprint density at radius 2 is 1.82 bits per heavy atom. The highest BCUT2D eigenvalue weighted by Gasteiger charge is 2.17. The molecule has 8 nitrogen and oxygen atoms in total. The summed E-state index contributed by atoms with van der Waals surface area (Å²) < 4.78 is 12.4. The van der Waals surface area contributed by atoms with E-state index in [9.17, 15) is 4.79 Å². The molecule has 2 aromatic carbocycles. The SMILES string of the molecule is COCCOc1ccc(NC(=O)CSc2nnc(-c3cccnc3)n2-c2ccccc2)cc1. The fourth-order valence-corrected chi connectivity index (χ4v) is 3.81. The Morgan fingerprint density at radius 1 is 1.00 bits per heavy atom. The maximum absolute atomic E-state index is 12.6. The molecule has 0 aliphatic heterocycles.